The maximum absolute atomic E-state index is 12.8. The number of hydrogen-bond donors (Lipinski definition) is 4. The number of benzene rings is 1. The molecule has 0 spiro atoms. The van der Waals surface area contributed by atoms with Crippen LogP contribution in [0.5, 0.6) is 0 Å². The van der Waals surface area contributed by atoms with Crippen LogP contribution in [0.25, 0.3) is 0 Å². The smallest absolute Gasteiger partial charge is 0.408 e. The quantitative estimate of drug-likeness (QED) is 0.136. The fourth-order valence-corrected chi connectivity index (χ4v) is 7.44. The van der Waals surface area contributed by atoms with E-state index in [9.17, 15) is 24.0 Å². The van der Waals surface area contributed by atoms with Crippen molar-refractivity contribution in [3.8, 4) is 0 Å². The Balaban J connectivity index is 2.71. The highest BCUT2D eigenvalue weighted by molar-refractivity contribution is 9.09. The molecule has 0 bridgehead atoms. The van der Waals surface area contributed by atoms with Crippen molar-refractivity contribution in [2.75, 3.05) is 12.9 Å². The summed E-state index contributed by atoms with van der Waals surface area (Å²) >= 11 is 0. The van der Waals surface area contributed by atoms with Gasteiger partial charge in [0, 0.05) is 16.9 Å². The van der Waals surface area contributed by atoms with Crippen molar-refractivity contribution in [1.29, 1.82) is 0 Å². The van der Waals surface area contributed by atoms with E-state index in [1.807, 2.05) is 6.07 Å². The first kappa shape index (κ1) is 33.4. The second-order valence-corrected chi connectivity index (χ2v) is 14.1. The minimum atomic E-state index is -1.18. The Kier molecular flexibility index (Phi) is 15.0. The fraction of sp³-hybridized carbons (Fsp3) is 0.542. The highest BCUT2D eigenvalue weighted by Crippen LogP contribution is 2.43. The zero-order valence-corrected chi connectivity index (χ0v) is 24.6. The summed E-state index contributed by atoms with van der Waals surface area (Å²) in [5.74, 6) is -2.36. The zero-order chi connectivity index (χ0) is 28.7. The summed E-state index contributed by atoms with van der Waals surface area (Å²) in [5.41, 5.74) is 5.95. The predicted molar refractivity (Wildman–Crippen MR) is 151 cm³/mol. The molecule has 0 saturated heterocycles. The summed E-state index contributed by atoms with van der Waals surface area (Å²) in [4.78, 5) is 61.3. The molecule has 4 amide bonds. The summed E-state index contributed by atoms with van der Waals surface area (Å²) in [5, 5.41) is 7.48. The number of ether oxygens (including phenoxy) is 2. The molecule has 5 N–H and O–H groups in total. The number of nitrogens with two attached hydrogens (primary N) is 1. The van der Waals surface area contributed by atoms with Gasteiger partial charge < -0.3 is 31.2 Å². The molecular weight excluding hydrogens is 552 g/mol. The van der Waals surface area contributed by atoms with E-state index < -0.39 is 47.9 Å². The molecule has 0 fully saturated rings. The van der Waals surface area contributed by atoms with Crippen LogP contribution in [-0.4, -0.2) is 65.5 Å². The number of primary amides is 1. The highest BCUT2D eigenvalue weighted by Gasteiger charge is 2.28. The fourth-order valence-electron chi connectivity index (χ4n) is 2.67. The van der Waals surface area contributed by atoms with Crippen LogP contribution in [0.3, 0.4) is 0 Å². The van der Waals surface area contributed by atoms with Crippen LogP contribution in [0.4, 0.5) is 4.79 Å². The standard InChI is InChI=1S/C24H36N4O7S3/c1-15(20(30)27-18(22(32)34-5)14-36-38-37-24(2,3)4)26-21(31)17(11-12-19(25)29)28-23(33)35-13-16-9-7-6-8-10-16/h6-10,15,17-18H,11-14H2,1-5H3,(H2,25,29)(H,26,31)(H,27,30)(H,28,33)/t15-,17-,18-/m0/s1. The van der Waals surface area contributed by atoms with Crippen LogP contribution < -0.4 is 21.7 Å². The van der Waals surface area contributed by atoms with E-state index in [4.69, 9.17) is 15.2 Å². The molecule has 1 aromatic carbocycles. The van der Waals surface area contributed by atoms with Gasteiger partial charge in [-0.3, -0.25) is 14.4 Å². The zero-order valence-electron chi connectivity index (χ0n) is 22.1. The molecule has 3 atom stereocenters. The van der Waals surface area contributed by atoms with E-state index in [1.165, 1.54) is 34.7 Å². The molecule has 0 unspecified atom stereocenters. The van der Waals surface area contributed by atoms with Crippen molar-refractivity contribution in [2.45, 2.75) is 70.0 Å². The molecule has 0 aliphatic rings. The molecule has 38 heavy (non-hydrogen) atoms. The molecule has 0 saturated carbocycles. The second kappa shape index (κ2) is 17.1. The SMILES string of the molecule is COC(=O)[C@H](CSSSC(C)(C)C)NC(=O)[C@H](C)NC(=O)[C@H](CCC(N)=O)NC(=O)OCc1ccccc1. The first-order valence-corrected chi connectivity index (χ1v) is 15.4. The van der Waals surface area contributed by atoms with E-state index in [1.54, 1.807) is 35.1 Å². The minimum absolute atomic E-state index is 0.0187. The summed E-state index contributed by atoms with van der Waals surface area (Å²) in [6.07, 6.45) is -1.15. The summed E-state index contributed by atoms with van der Waals surface area (Å²) in [6.45, 7) is 7.59. The predicted octanol–water partition coefficient (Wildman–Crippen LogP) is 2.54. The topological polar surface area (TPSA) is 166 Å². The number of rotatable bonds is 15. The van der Waals surface area contributed by atoms with E-state index in [2.05, 4.69) is 36.7 Å². The van der Waals surface area contributed by atoms with Crippen LogP contribution in [0.1, 0.15) is 46.1 Å². The number of hydrogen-bond acceptors (Lipinski definition) is 10. The van der Waals surface area contributed by atoms with Crippen molar-refractivity contribution >= 4 is 61.2 Å². The van der Waals surface area contributed by atoms with Crippen LogP contribution in [-0.2, 0) is 35.3 Å². The minimum Gasteiger partial charge on any atom is -0.467 e. The summed E-state index contributed by atoms with van der Waals surface area (Å²) in [7, 11) is 5.74. The average Bonchev–Trinajstić information content (AvgIpc) is 2.86. The van der Waals surface area contributed by atoms with E-state index in [0.717, 1.165) is 5.56 Å². The second-order valence-electron chi connectivity index (χ2n) is 9.13. The lowest BCUT2D eigenvalue weighted by atomic mass is 10.1. The lowest BCUT2D eigenvalue weighted by molar-refractivity contribution is -0.144. The van der Waals surface area contributed by atoms with Gasteiger partial charge in [-0.1, -0.05) is 72.7 Å². The third kappa shape index (κ3) is 14.4. The molecule has 212 valence electrons. The summed E-state index contributed by atoms with van der Waals surface area (Å²) < 4.78 is 9.95. The van der Waals surface area contributed by atoms with Crippen molar-refractivity contribution in [3.63, 3.8) is 0 Å². The molecule has 14 heteroatoms. The number of alkyl carbamates (subject to hydrolysis) is 1. The molecule has 0 heterocycles. The van der Waals surface area contributed by atoms with Crippen LogP contribution in [0.2, 0.25) is 0 Å². The first-order chi connectivity index (χ1) is 17.8. The summed E-state index contributed by atoms with van der Waals surface area (Å²) in [6, 6.07) is 5.77. The Morgan fingerprint density at radius 2 is 1.63 bits per heavy atom. The van der Waals surface area contributed by atoms with Crippen LogP contribution in [0.15, 0.2) is 30.3 Å². The molecule has 0 radical (unpaired) electrons. The van der Waals surface area contributed by atoms with E-state index in [0.29, 0.717) is 0 Å². The largest absolute Gasteiger partial charge is 0.467 e. The van der Waals surface area contributed by atoms with Gasteiger partial charge in [-0.25, -0.2) is 9.59 Å². The van der Waals surface area contributed by atoms with Crippen molar-refractivity contribution in [1.82, 2.24) is 16.0 Å². The van der Waals surface area contributed by atoms with Crippen LogP contribution >= 0.6 is 31.4 Å². The van der Waals surface area contributed by atoms with Gasteiger partial charge in [0.15, 0.2) is 0 Å². The Morgan fingerprint density at radius 1 is 0.974 bits per heavy atom. The van der Waals surface area contributed by atoms with Gasteiger partial charge in [-0.05, 0) is 28.7 Å². The number of nitrogens with one attached hydrogen (secondary N) is 3. The Bertz CT molecular complexity index is 945. The Morgan fingerprint density at radius 3 is 2.21 bits per heavy atom. The number of amides is 4. The number of methoxy groups -OCH3 is 1. The van der Waals surface area contributed by atoms with E-state index in [-0.39, 0.29) is 29.9 Å². The monoisotopic (exact) mass is 588 g/mol. The molecule has 0 aliphatic heterocycles. The van der Waals surface area contributed by atoms with Gasteiger partial charge >= 0.3 is 12.1 Å². The number of carbonyl (C=O) groups is 5. The Labute approximate surface area is 234 Å². The highest BCUT2D eigenvalue weighted by atomic mass is 33.5. The average molecular weight is 589 g/mol. The maximum Gasteiger partial charge on any atom is 0.408 e. The van der Waals surface area contributed by atoms with Gasteiger partial charge in [-0.2, -0.15) is 0 Å². The van der Waals surface area contributed by atoms with Crippen molar-refractivity contribution in [2.24, 2.45) is 5.73 Å². The lowest BCUT2D eigenvalue weighted by Crippen LogP contribution is -2.55. The maximum atomic E-state index is 12.8. The van der Waals surface area contributed by atoms with Crippen molar-refractivity contribution < 1.29 is 33.4 Å². The third-order valence-electron chi connectivity index (χ3n) is 4.62. The van der Waals surface area contributed by atoms with Crippen LogP contribution in [0, 0.1) is 0 Å². The molecule has 0 aromatic heterocycles. The Hall–Kier alpha value is -2.58. The molecule has 11 nitrogen and oxygen atoms in total. The lowest BCUT2D eigenvalue weighted by Gasteiger charge is -2.23. The molecule has 1 aromatic rings. The van der Waals surface area contributed by atoms with Crippen molar-refractivity contribution in [3.05, 3.63) is 35.9 Å². The first-order valence-electron chi connectivity index (χ1n) is 11.7. The molecule has 0 aliphatic carbocycles. The van der Waals surface area contributed by atoms with Gasteiger partial charge in [0.2, 0.25) is 17.7 Å². The van der Waals surface area contributed by atoms with E-state index >= 15 is 0 Å². The number of esters is 1. The van der Waals surface area contributed by atoms with Gasteiger partial charge in [0.1, 0.15) is 24.7 Å². The van der Waals surface area contributed by atoms with Gasteiger partial charge in [-0.15, -0.1) is 0 Å². The normalized spacial score (nSPS) is 13.4. The van der Waals surface area contributed by atoms with Gasteiger partial charge in [0.05, 0.1) is 7.11 Å². The number of carbonyl (C=O) groups excluding carboxylic acids is 5. The van der Waals surface area contributed by atoms with Gasteiger partial charge in [0.25, 0.3) is 0 Å². The molecular formula is C24H36N4O7S3. The third-order valence-corrected chi connectivity index (χ3v) is 9.63. The molecule has 1 rings (SSSR count).